The van der Waals surface area contributed by atoms with Crippen LogP contribution in [0.5, 0.6) is 0 Å². The Balaban J connectivity index is 1.76. The van der Waals surface area contributed by atoms with Crippen molar-refractivity contribution in [2.75, 3.05) is 7.11 Å². The van der Waals surface area contributed by atoms with Crippen molar-refractivity contribution in [3.63, 3.8) is 0 Å². The summed E-state index contributed by atoms with van der Waals surface area (Å²) in [6, 6.07) is 37.7. The predicted octanol–water partition coefficient (Wildman–Crippen LogP) is 5.31. The van der Waals surface area contributed by atoms with Crippen LogP contribution in [0.25, 0.3) is 0 Å². The largest absolute Gasteiger partial charge is 0.467 e. The first-order valence-corrected chi connectivity index (χ1v) is 11.3. The third-order valence-electron chi connectivity index (χ3n) is 5.93. The normalized spacial score (nSPS) is 11.7. The summed E-state index contributed by atoms with van der Waals surface area (Å²) in [5.41, 5.74) is 3.54. The Kier molecular flexibility index (Phi) is 7.51. The summed E-state index contributed by atoms with van der Waals surface area (Å²) in [6.07, 6.45) is 0. The Morgan fingerprint density at radius 2 is 0.941 bits per heavy atom. The summed E-state index contributed by atoms with van der Waals surface area (Å²) in [5, 5.41) is 3.05. The van der Waals surface area contributed by atoms with E-state index in [4.69, 9.17) is 4.74 Å². The zero-order valence-corrected chi connectivity index (χ0v) is 19.0. The van der Waals surface area contributed by atoms with Gasteiger partial charge in [0.1, 0.15) is 6.04 Å². The highest BCUT2D eigenvalue weighted by Gasteiger charge is 2.35. The maximum atomic E-state index is 13.8. The molecule has 34 heavy (non-hydrogen) atoms. The summed E-state index contributed by atoms with van der Waals surface area (Å²) in [5.74, 6) is -1.73. The summed E-state index contributed by atoms with van der Waals surface area (Å²) in [6.45, 7) is 0. The topological polar surface area (TPSA) is 55.4 Å². The first-order valence-electron chi connectivity index (χ1n) is 11.3. The number of hydrogen-bond acceptors (Lipinski definition) is 3. The minimum Gasteiger partial charge on any atom is -0.467 e. The van der Waals surface area contributed by atoms with Gasteiger partial charge in [-0.25, -0.2) is 4.79 Å². The fraction of sp³-hybridized carbons (Fsp3) is 0.133. The number of amides is 1. The number of benzene rings is 4. The Labute approximate surface area is 200 Å². The van der Waals surface area contributed by atoms with E-state index in [-0.39, 0.29) is 5.91 Å². The number of carbonyl (C=O) groups is 2. The molecule has 0 aromatic heterocycles. The van der Waals surface area contributed by atoms with Gasteiger partial charge in [-0.3, -0.25) is 4.79 Å². The van der Waals surface area contributed by atoms with Gasteiger partial charge in [0.15, 0.2) is 0 Å². The van der Waals surface area contributed by atoms with Gasteiger partial charge in [0, 0.05) is 5.92 Å². The molecule has 1 amide bonds. The van der Waals surface area contributed by atoms with E-state index in [1.165, 1.54) is 7.11 Å². The van der Waals surface area contributed by atoms with E-state index >= 15 is 0 Å². The maximum Gasteiger partial charge on any atom is 0.329 e. The highest BCUT2D eigenvalue weighted by atomic mass is 16.5. The molecule has 0 heterocycles. The van der Waals surface area contributed by atoms with Crippen molar-refractivity contribution in [1.82, 2.24) is 5.32 Å². The van der Waals surface area contributed by atoms with Crippen molar-refractivity contribution in [1.29, 1.82) is 0 Å². The van der Waals surface area contributed by atoms with E-state index in [1.54, 1.807) is 0 Å². The van der Waals surface area contributed by atoms with Crippen molar-refractivity contribution in [2.24, 2.45) is 0 Å². The Hall–Kier alpha value is -4.18. The highest BCUT2D eigenvalue weighted by molar-refractivity contribution is 5.91. The Morgan fingerprint density at radius 3 is 1.29 bits per heavy atom. The first-order chi connectivity index (χ1) is 16.7. The number of nitrogens with one attached hydrogen (secondary N) is 1. The first kappa shape index (κ1) is 23.0. The lowest BCUT2D eigenvalue weighted by Crippen LogP contribution is -2.47. The molecule has 0 bridgehead atoms. The highest BCUT2D eigenvalue weighted by Crippen LogP contribution is 2.31. The molecule has 0 spiro atoms. The second kappa shape index (κ2) is 11.1. The molecule has 4 rings (SSSR count). The molecule has 4 nitrogen and oxygen atoms in total. The zero-order chi connectivity index (χ0) is 23.8. The molecule has 1 atom stereocenters. The molecule has 4 aromatic carbocycles. The molecule has 0 unspecified atom stereocenters. The van der Waals surface area contributed by atoms with Crippen LogP contribution in [0.2, 0.25) is 0 Å². The van der Waals surface area contributed by atoms with Gasteiger partial charge in [-0.1, -0.05) is 121 Å². The van der Waals surface area contributed by atoms with Crippen molar-refractivity contribution in [3.05, 3.63) is 144 Å². The van der Waals surface area contributed by atoms with Crippen LogP contribution in [-0.2, 0) is 14.3 Å². The van der Waals surface area contributed by atoms with E-state index in [0.717, 1.165) is 22.3 Å². The summed E-state index contributed by atoms with van der Waals surface area (Å²) in [7, 11) is 1.35. The molecule has 0 saturated carbocycles. The zero-order valence-electron chi connectivity index (χ0n) is 19.0. The second-order valence-corrected chi connectivity index (χ2v) is 8.06. The minimum absolute atomic E-state index is 0.260. The molecule has 0 radical (unpaired) electrons. The number of esters is 1. The molecule has 4 aromatic rings. The Bertz CT molecular complexity index is 1120. The van der Waals surface area contributed by atoms with Gasteiger partial charge >= 0.3 is 5.97 Å². The van der Waals surface area contributed by atoms with Gasteiger partial charge in [0.2, 0.25) is 5.91 Å². The van der Waals surface area contributed by atoms with Gasteiger partial charge in [0.25, 0.3) is 0 Å². The van der Waals surface area contributed by atoms with Crippen LogP contribution >= 0.6 is 0 Å². The molecule has 0 aliphatic carbocycles. The molecular formula is C30H27NO3. The lowest BCUT2D eigenvalue weighted by Gasteiger charge is -2.29. The predicted molar refractivity (Wildman–Crippen MR) is 133 cm³/mol. The molecule has 1 N–H and O–H groups in total. The molecule has 0 saturated heterocycles. The molecule has 0 aliphatic rings. The van der Waals surface area contributed by atoms with Crippen LogP contribution in [0.4, 0.5) is 0 Å². The van der Waals surface area contributed by atoms with Gasteiger partial charge in [-0.15, -0.1) is 0 Å². The van der Waals surface area contributed by atoms with Crippen molar-refractivity contribution >= 4 is 11.9 Å². The fourth-order valence-corrected chi connectivity index (χ4v) is 4.33. The van der Waals surface area contributed by atoms with Crippen molar-refractivity contribution < 1.29 is 14.3 Å². The van der Waals surface area contributed by atoms with Crippen molar-refractivity contribution in [3.8, 4) is 0 Å². The second-order valence-electron chi connectivity index (χ2n) is 8.06. The van der Waals surface area contributed by atoms with Crippen LogP contribution in [0.15, 0.2) is 121 Å². The van der Waals surface area contributed by atoms with Crippen LogP contribution in [0.1, 0.15) is 34.1 Å². The average molecular weight is 450 g/mol. The third kappa shape index (κ3) is 5.24. The minimum atomic E-state index is -0.905. The lowest BCUT2D eigenvalue weighted by atomic mass is 9.84. The van der Waals surface area contributed by atoms with Gasteiger partial charge < -0.3 is 10.1 Å². The molecule has 4 heteroatoms. The summed E-state index contributed by atoms with van der Waals surface area (Å²) < 4.78 is 5.17. The van der Waals surface area contributed by atoms with E-state index in [9.17, 15) is 9.59 Å². The van der Waals surface area contributed by atoms with Gasteiger partial charge in [0.05, 0.1) is 13.0 Å². The lowest BCUT2D eigenvalue weighted by molar-refractivity contribution is -0.145. The van der Waals surface area contributed by atoms with E-state index in [1.807, 2.05) is 121 Å². The van der Waals surface area contributed by atoms with Crippen LogP contribution < -0.4 is 5.32 Å². The van der Waals surface area contributed by atoms with Crippen LogP contribution in [-0.4, -0.2) is 25.0 Å². The fourth-order valence-electron chi connectivity index (χ4n) is 4.33. The molecule has 170 valence electrons. The van der Waals surface area contributed by atoms with Gasteiger partial charge in [-0.2, -0.15) is 0 Å². The monoisotopic (exact) mass is 449 g/mol. The number of ether oxygens (including phenoxy) is 1. The van der Waals surface area contributed by atoms with E-state index in [0.29, 0.717) is 0 Å². The van der Waals surface area contributed by atoms with E-state index in [2.05, 4.69) is 5.32 Å². The summed E-state index contributed by atoms with van der Waals surface area (Å²) >= 11 is 0. The molecule has 0 fully saturated rings. The molecular weight excluding hydrogens is 422 g/mol. The Morgan fingerprint density at radius 1 is 0.588 bits per heavy atom. The smallest absolute Gasteiger partial charge is 0.329 e. The molecule has 0 aliphatic heterocycles. The van der Waals surface area contributed by atoms with Crippen LogP contribution in [0, 0.1) is 0 Å². The van der Waals surface area contributed by atoms with Crippen LogP contribution in [0.3, 0.4) is 0 Å². The number of carbonyl (C=O) groups excluding carboxylic acids is 2. The SMILES string of the molecule is COC(=O)[C@@H](NC(=O)C(c1ccccc1)c1ccccc1)C(c1ccccc1)c1ccccc1. The number of rotatable bonds is 8. The summed E-state index contributed by atoms with van der Waals surface area (Å²) in [4.78, 5) is 26.9. The number of methoxy groups -OCH3 is 1. The maximum absolute atomic E-state index is 13.8. The van der Waals surface area contributed by atoms with Gasteiger partial charge in [-0.05, 0) is 22.3 Å². The average Bonchev–Trinajstić information content (AvgIpc) is 2.90. The van der Waals surface area contributed by atoms with Crippen molar-refractivity contribution in [2.45, 2.75) is 17.9 Å². The standard InChI is InChI=1S/C30H27NO3/c1-34-30(33)28(26(22-14-6-2-7-15-22)23-16-8-3-9-17-23)31-29(32)27(24-18-10-4-11-19-24)25-20-12-5-13-21-25/h2-21,26-28H,1H3,(H,31,32)/t28-/m0/s1. The number of hydrogen-bond donors (Lipinski definition) is 1. The van der Waals surface area contributed by atoms with E-state index < -0.39 is 23.8 Å². The quantitative estimate of drug-likeness (QED) is 0.371. The third-order valence-corrected chi connectivity index (χ3v) is 5.93.